The standard InChI is InChI=1S/C16H23N3OS/c1-14-15(12-17-8-10-20-2)13-18-19(14)9-11-21-16-6-4-3-5-7-16/h3-7,13,17H,8-12H2,1-2H3. The molecule has 5 heteroatoms. The summed E-state index contributed by atoms with van der Waals surface area (Å²) in [4.78, 5) is 1.31. The second kappa shape index (κ2) is 8.87. The van der Waals surface area contributed by atoms with Crippen LogP contribution in [0.5, 0.6) is 0 Å². The summed E-state index contributed by atoms with van der Waals surface area (Å²) in [6.45, 7) is 5.52. The number of nitrogens with one attached hydrogen (secondary N) is 1. The van der Waals surface area contributed by atoms with Gasteiger partial charge in [-0.1, -0.05) is 18.2 Å². The average Bonchev–Trinajstić information content (AvgIpc) is 2.86. The molecule has 0 radical (unpaired) electrons. The average molecular weight is 305 g/mol. The fourth-order valence-electron chi connectivity index (χ4n) is 2.05. The van der Waals surface area contributed by atoms with Crippen molar-refractivity contribution < 1.29 is 4.74 Å². The number of aromatic nitrogens is 2. The fraction of sp³-hybridized carbons (Fsp3) is 0.438. The van der Waals surface area contributed by atoms with Gasteiger partial charge in [0.15, 0.2) is 0 Å². The minimum Gasteiger partial charge on any atom is -0.383 e. The number of nitrogens with zero attached hydrogens (tertiary/aromatic N) is 2. The lowest BCUT2D eigenvalue weighted by Crippen LogP contribution is -2.19. The van der Waals surface area contributed by atoms with Crippen molar-refractivity contribution in [3.8, 4) is 0 Å². The van der Waals surface area contributed by atoms with Gasteiger partial charge in [0.1, 0.15) is 0 Å². The molecule has 1 N–H and O–H groups in total. The van der Waals surface area contributed by atoms with E-state index in [0.29, 0.717) is 0 Å². The molecule has 114 valence electrons. The Morgan fingerprint density at radius 1 is 1.29 bits per heavy atom. The number of thioether (sulfide) groups is 1. The van der Waals surface area contributed by atoms with Crippen LogP contribution in [0.25, 0.3) is 0 Å². The van der Waals surface area contributed by atoms with Gasteiger partial charge in [-0.2, -0.15) is 5.10 Å². The maximum atomic E-state index is 5.02. The molecule has 0 saturated heterocycles. The first kappa shape index (κ1) is 16.1. The van der Waals surface area contributed by atoms with Crippen molar-refractivity contribution in [2.24, 2.45) is 0 Å². The summed E-state index contributed by atoms with van der Waals surface area (Å²) in [5.41, 5.74) is 2.50. The predicted octanol–water partition coefficient (Wildman–Crippen LogP) is 2.72. The molecule has 0 aliphatic heterocycles. The Balaban J connectivity index is 1.77. The Morgan fingerprint density at radius 3 is 2.86 bits per heavy atom. The van der Waals surface area contributed by atoms with E-state index in [1.807, 2.05) is 24.0 Å². The maximum absolute atomic E-state index is 5.02. The van der Waals surface area contributed by atoms with Gasteiger partial charge in [0.05, 0.1) is 19.3 Å². The summed E-state index contributed by atoms with van der Waals surface area (Å²) < 4.78 is 7.11. The zero-order chi connectivity index (χ0) is 14.9. The number of hydrogen-bond donors (Lipinski definition) is 1. The molecule has 1 heterocycles. The van der Waals surface area contributed by atoms with Crippen LogP contribution < -0.4 is 5.32 Å². The largest absolute Gasteiger partial charge is 0.383 e. The van der Waals surface area contributed by atoms with E-state index in [2.05, 4.69) is 46.3 Å². The molecular weight excluding hydrogens is 282 g/mol. The smallest absolute Gasteiger partial charge is 0.0587 e. The van der Waals surface area contributed by atoms with Crippen LogP contribution in [0.1, 0.15) is 11.3 Å². The minimum atomic E-state index is 0.737. The van der Waals surface area contributed by atoms with Gasteiger partial charge in [-0.05, 0) is 19.1 Å². The monoisotopic (exact) mass is 305 g/mol. The first-order chi connectivity index (χ1) is 10.3. The topological polar surface area (TPSA) is 39.1 Å². The van der Waals surface area contributed by atoms with Gasteiger partial charge in [-0.25, -0.2) is 0 Å². The van der Waals surface area contributed by atoms with Crippen molar-refractivity contribution in [2.45, 2.75) is 24.9 Å². The van der Waals surface area contributed by atoms with E-state index < -0.39 is 0 Å². The van der Waals surface area contributed by atoms with E-state index in [1.54, 1.807) is 7.11 Å². The van der Waals surface area contributed by atoms with Crippen LogP contribution in [0.3, 0.4) is 0 Å². The molecule has 0 aliphatic rings. The highest BCUT2D eigenvalue weighted by Gasteiger charge is 2.05. The number of methoxy groups -OCH3 is 1. The van der Waals surface area contributed by atoms with Gasteiger partial charge < -0.3 is 10.1 Å². The Morgan fingerprint density at radius 2 is 2.10 bits per heavy atom. The summed E-state index contributed by atoms with van der Waals surface area (Å²) in [6, 6.07) is 10.5. The number of aryl methyl sites for hydroxylation is 1. The number of rotatable bonds is 9. The zero-order valence-corrected chi connectivity index (χ0v) is 13.5. The summed E-state index contributed by atoms with van der Waals surface area (Å²) in [7, 11) is 1.72. The molecule has 1 aromatic carbocycles. The Hall–Kier alpha value is -1.30. The molecule has 2 aromatic rings. The summed E-state index contributed by atoms with van der Waals surface area (Å²) >= 11 is 1.86. The second-order valence-corrected chi connectivity index (χ2v) is 5.98. The van der Waals surface area contributed by atoms with Crippen molar-refractivity contribution in [1.82, 2.24) is 15.1 Å². The van der Waals surface area contributed by atoms with E-state index in [1.165, 1.54) is 16.2 Å². The molecule has 4 nitrogen and oxygen atoms in total. The quantitative estimate of drug-likeness (QED) is 0.571. The summed E-state index contributed by atoms with van der Waals surface area (Å²) in [6.07, 6.45) is 1.96. The van der Waals surface area contributed by atoms with E-state index in [0.717, 1.165) is 32.0 Å². The van der Waals surface area contributed by atoms with Gasteiger partial charge in [0, 0.05) is 42.1 Å². The van der Waals surface area contributed by atoms with E-state index >= 15 is 0 Å². The van der Waals surface area contributed by atoms with Crippen molar-refractivity contribution in [3.05, 3.63) is 47.8 Å². The predicted molar refractivity (Wildman–Crippen MR) is 87.7 cm³/mol. The van der Waals surface area contributed by atoms with Gasteiger partial charge in [0.25, 0.3) is 0 Å². The van der Waals surface area contributed by atoms with Crippen LogP contribution in [0.2, 0.25) is 0 Å². The van der Waals surface area contributed by atoms with E-state index in [4.69, 9.17) is 4.74 Å². The Labute approximate surface area is 130 Å². The summed E-state index contributed by atoms with van der Waals surface area (Å²) in [5.74, 6) is 1.03. The van der Waals surface area contributed by atoms with Crippen LogP contribution in [-0.4, -0.2) is 35.8 Å². The molecule has 1 aromatic heterocycles. The molecule has 0 unspecified atom stereocenters. The van der Waals surface area contributed by atoms with Crippen LogP contribution in [0, 0.1) is 6.92 Å². The normalized spacial score (nSPS) is 11.0. The lowest BCUT2D eigenvalue weighted by Gasteiger charge is -2.06. The molecule has 0 amide bonds. The fourth-order valence-corrected chi connectivity index (χ4v) is 2.90. The third-order valence-corrected chi connectivity index (χ3v) is 4.31. The zero-order valence-electron chi connectivity index (χ0n) is 12.7. The van der Waals surface area contributed by atoms with E-state index in [9.17, 15) is 0 Å². The van der Waals surface area contributed by atoms with Crippen LogP contribution in [-0.2, 0) is 17.8 Å². The molecule has 0 bridgehead atoms. The summed E-state index contributed by atoms with van der Waals surface area (Å²) in [5, 5.41) is 7.83. The van der Waals surface area contributed by atoms with Crippen LogP contribution in [0.4, 0.5) is 0 Å². The van der Waals surface area contributed by atoms with E-state index in [-0.39, 0.29) is 0 Å². The molecule has 2 rings (SSSR count). The number of benzene rings is 1. The molecule has 0 spiro atoms. The molecule has 0 aliphatic carbocycles. The Bertz CT molecular complexity index is 528. The third kappa shape index (κ3) is 5.19. The highest BCUT2D eigenvalue weighted by molar-refractivity contribution is 7.99. The molecule has 21 heavy (non-hydrogen) atoms. The van der Waals surface area contributed by atoms with Gasteiger partial charge in [0.2, 0.25) is 0 Å². The molecule has 0 fully saturated rings. The highest BCUT2D eigenvalue weighted by Crippen LogP contribution is 2.17. The van der Waals surface area contributed by atoms with Crippen molar-refractivity contribution >= 4 is 11.8 Å². The van der Waals surface area contributed by atoms with Crippen molar-refractivity contribution in [1.29, 1.82) is 0 Å². The molecule has 0 atom stereocenters. The molecule has 0 saturated carbocycles. The number of hydrogen-bond acceptors (Lipinski definition) is 4. The number of ether oxygens (including phenoxy) is 1. The van der Waals surface area contributed by atoms with Gasteiger partial charge in [-0.3, -0.25) is 4.68 Å². The highest BCUT2D eigenvalue weighted by atomic mass is 32.2. The van der Waals surface area contributed by atoms with Crippen molar-refractivity contribution in [3.63, 3.8) is 0 Å². The van der Waals surface area contributed by atoms with Crippen molar-refractivity contribution in [2.75, 3.05) is 26.0 Å². The van der Waals surface area contributed by atoms with Gasteiger partial charge in [-0.15, -0.1) is 11.8 Å². The third-order valence-electron chi connectivity index (χ3n) is 3.32. The first-order valence-electron chi connectivity index (χ1n) is 7.20. The lowest BCUT2D eigenvalue weighted by molar-refractivity contribution is 0.199. The van der Waals surface area contributed by atoms with Gasteiger partial charge >= 0.3 is 0 Å². The lowest BCUT2D eigenvalue weighted by atomic mass is 10.2. The second-order valence-electron chi connectivity index (χ2n) is 4.81. The van der Waals surface area contributed by atoms with Crippen LogP contribution in [0.15, 0.2) is 41.4 Å². The first-order valence-corrected chi connectivity index (χ1v) is 8.18. The molecular formula is C16H23N3OS. The SMILES string of the molecule is COCCNCc1cnn(CCSc2ccccc2)c1C. The Kier molecular flexibility index (Phi) is 6.79. The minimum absolute atomic E-state index is 0.737. The maximum Gasteiger partial charge on any atom is 0.0587 e. The van der Waals surface area contributed by atoms with Crippen LogP contribution >= 0.6 is 11.8 Å².